The van der Waals surface area contributed by atoms with Crippen molar-refractivity contribution in [3.8, 4) is 5.75 Å². The fourth-order valence-electron chi connectivity index (χ4n) is 2.23. The Kier molecular flexibility index (Phi) is 2.28. The Morgan fingerprint density at radius 3 is 2.93 bits per heavy atom. The first-order valence-corrected chi connectivity index (χ1v) is 4.90. The predicted octanol–water partition coefficient (Wildman–Crippen LogP) is 2.31. The minimum atomic E-state index is 0.0973. The van der Waals surface area contributed by atoms with Crippen molar-refractivity contribution < 1.29 is 9.53 Å². The van der Waals surface area contributed by atoms with Gasteiger partial charge in [-0.15, -0.1) is 0 Å². The number of hydrogen-bond donors (Lipinski definition) is 0. The van der Waals surface area contributed by atoms with E-state index in [1.165, 1.54) is 5.56 Å². The third-order valence-electron chi connectivity index (χ3n) is 2.94. The minimum absolute atomic E-state index is 0.0973. The van der Waals surface area contributed by atoms with Crippen LogP contribution in [0.25, 0.3) is 0 Å². The lowest BCUT2D eigenvalue weighted by atomic mass is 9.97. The molecule has 0 saturated heterocycles. The van der Waals surface area contributed by atoms with E-state index in [1.54, 1.807) is 14.0 Å². The maximum atomic E-state index is 11.4. The summed E-state index contributed by atoms with van der Waals surface area (Å²) in [7, 11) is 1.68. The van der Waals surface area contributed by atoms with Crippen molar-refractivity contribution in [2.45, 2.75) is 25.7 Å². The molecule has 2 nitrogen and oxygen atoms in total. The molecule has 0 aliphatic heterocycles. The maximum absolute atomic E-state index is 11.4. The van der Waals surface area contributed by atoms with Gasteiger partial charge in [-0.2, -0.15) is 0 Å². The van der Waals surface area contributed by atoms with E-state index in [0.29, 0.717) is 0 Å². The second-order valence-corrected chi connectivity index (χ2v) is 3.73. The highest BCUT2D eigenvalue weighted by atomic mass is 16.5. The second kappa shape index (κ2) is 3.45. The molecule has 0 amide bonds. The molecule has 0 bridgehead atoms. The summed E-state index contributed by atoms with van der Waals surface area (Å²) in [4.78, 5) is 11.4. The largest absolute Gasteiger partial charge is 0.496 e. The molecule has 0 radical (unpaired) electrons. The summed E-state index contributed by atoms with van der Waals surface area (Å²) in [5.41, 5.74) is 2.38. The van der Waals surface area contributed by atoms with Gasteiger partial charge < -0.3 is 4.74 Å². The SMILES string of the molecule is COc1cccc2c1CCC2C(C)=O. The third-order valence-corrected chi connectivity index (χ3v) is 2.94. The Morgan fingerprint density at radius 2 is 2.29 bits per heavy atom. The molecule has 0 fully saturated rings. The number of carbonyl (C=O) groups is 1. The van der Waals surface area contributed by atoms with E-state index in [2.05, 4.69) is 0 Å². The lowest BCUT2D eigenvalue weighted by Crippen LogP contribution is -2.04. The molecule has 1 aliphatic carbocycles. The van der Waals surface area contributed by atoms with Crippen LogP contribution >= 0.6 is 0 Å². The van der Waals surface area contributed by atoms with Gasteiger partial charge in [0.05, 0.1) is 7.11 Å². The van der Waals surface area contributed by atoms with Crippen LogP contribution in [0, 0.1) is 0 Å². The monoisotopic (exact) mass is 190 g/mol. The Bertz CT molecular complexity index is 369. The number of fused-ring (bicyclic) bond motifs is 1. The van der Waals surface area contributed by atoms with Crippen LogP contribution in [0.3, 0.4) is 0 Å². The van der Waals surface area contributed by atoms with E-state index < -0.39 is 0 Å². The molecule has 1 unspecified atom stereocenters. The Hall–Kier alpha value is -1.31. The minimum Gasteiger partial charge on any atom is -0.496 e. The smallest absolute Gasteiger partial charge is 0.137 e. The average molecular weight is 190 g/mol. The van der Waals surface area contributed by atoms with Crippen molar-refractivity contribution >= 4 is 5.78 Å². The van der Waals surface area contributed by atoms with Crippen LogP contribution in [0.5, 0.6) is 5.75 Å². The van der Waals surface area contributed by atoms with Crippen LogP contribution < -0.4 is 4.74 Å². The number of carbonyl (C=O) groups excluding carboxylic acids is 1. The van der Waals surface area contributed by atoms with Crippen LogP contribution in [-0.2, 0) is 11.2 Å². The van der Waals surface area contributed by atoms with Crippen molar-refractivity contribution in [1.29, 1.82) is 0 Å². The molecule has 1 aromatic rings. The molecule has 14 heavy (non-hydrogen) atoms. The van der Waals surface area contributed by atoms with Crippen molar-refractivity contribution in [1.82, 2.24) is 0 Å². The number of methoxy groups -OCH3 is 1. The first kappa shape index (κ1) is 9.25. The highest BCUT2D eigenvalue weighted by Gasteiger charge is 2.27. The molecular weight excluding hydrogens is 176 g/mol. The lowest BCUT2D eigenvalue weighted by molar-refractivity contribution is -0.118. The van der Waals surface area contributed by atoms with E-state index >= 15 is 0 Å². The van der Waals surface area contributed by atoms with Crippen molar-refractivity contribution in [3.05, 3.63) is 29.3 Å². The first-order valence-electron chi connectivity index (χ1n) is 4.90. The molecule has 0 N–H and O–H groups in total. The molecule has 0 heterocycles. The molecule has 0 saturated carbocycles. The standard InChI is InChI=1S/C12H14O2/c1-8(13)9-6-7-11-10(9)4-3-5-12(11)14-2/h3-5,9H,6-7H2,1-2H3. The zero-order chi connectivity index (χ0) is 10.1. The zero-order valence-electron chi connectivity index (χ0n) is 8.54. The fourth-order valence-corrected chi connectivity index (χ4v) is 2.23. The molecular formula is C12H14O2. The van der Waals surface area contributed by atoms with E-state index in [-0.39, 0.29) is 11.7 Å². The topological polar surface area (TPSA) is 26.3 Å². The number of ether oxygens (including phenoxy) is 1. The summed E-state index contributed by atoms with van der Waals surface area (Å²) in [6.45, 7) is 1.67. The molecule has 1 atom stereocenters. The summed E-state index contributed by atoms with van der Waals surface area (Å²) in [5, 5.41) is 0. The average Bonchev–Trinajstić information content (AvgIpc) is 2.60. The number of benzene rings is 1. The van der Waals surface area contributed by atoms with E-state index in [0.717, 1.165) is 24.2 Å². The van der Waals surface area contributed by atoms with Gasteiger partial charge in [-0.3, -0.25) is 4.79 Å². The summed E-state index contributed by atoms with van der Waals surface area (Å²) in [6.07, 6.45) is 1.90. The van der Waals surface area contributed by atoms with E-state index in [1.807, 2.05) is 18.2 Å². The second-order valence-electron chi connectivity index (χ2n) is 3.73. The number of ketones is 1. The molecule has 1 aliphatic rings. The summed E-state index contributed by atoms with van der Waals surface area (Å²) >= 11 is 0. The van der Waals surface area contributed by atoms with Gasteiger partial charge in [-0.1, -0.05) is 12.1 Å². The van der Waals surface area contributed by atoms with Gasteiger partial charge >= 0.3 is 0 Å². The van der Waals surface area contributed by atoms with E-state index in [4.69, 9.17) is 4.74 Å². The fraction of sp³-hybridized carbons (Fsp3) is 0.417. The predicted molar refractivity (Wildman–Crippen MR) is 54.7 cm³/mol. The van der Waals surface area contributed by atoms with Gasteiger partial charge in [-0.05, 0) is 37.0 Å². The molecule has 1 aromatic carbocycles. The number of Topliss-reactive ketones (excluding diaryl/α,β-unsaturated/α-hetero) is 1. The van der Waals surface area contributed by atoms with Crippen LogP contribution in [0.4, 0.5) is 0 Å². The highest BCUT2D eigenvalue weighted by Crippen LogP contribution is 2.38. The highest BCUT2D eigenvalue weighted by molar-refractivity contribution is 5.85. The normalized spacial score (nSPS) is 19.1. The van der Waals surface area contributed by atoms with Crippen molar-refractivity contribution in [3.63, 3.8) is 0 Å². The van der Waals surface area contributed by atoms with Gasteiger partial charge in [0.25, 0.3) is 0 Å². The van der Waals surface area contributed by atoms with Gasteiger partial charge in [0, 0.05) is 5.92 Å². The summed E-state index contributed by atoms with van der Waals surface area (Å²) < 4.78 is 5.27. The Morgan fingerprint density at radius 1 is 1.50 bits per heavy atom. The van der Waals surface area contributed by atoms with Gasteiger partial charge in [-0.25, -0.2) is 0 Å². The number of hydrogen-bond acceptors (Lipinski definition) is 2. The molecule has 2 rings (SSSR count). The summed E-state index contributed by atoms with van der Waals surface area (Å²) in [6, 6.07) is 5.96. The molecule has 2 heteroatoms. The lowest BCUT2D eigenvalue weighted by Gasteiger charge is -2.09. The number of rotatable bonds is 2. The maximum Gasteiger partial charge on any atom is 0.137 e. The third kappa shape index (κ3) is 1.31. The summed E-state index contributed by atoms with van der Waals surface area (Å²) in [5.74, 6) is 1.28. The van der Waals surface area contributed by atoms with Crippen LogP contribution in [0.15, 0.2) is 18.2 Å². The zero-order valence-corrected chi connectivity index (χ0v) is 8.54. The first-order chi connectivity index (χ1) is 6.74. The van der Waals surface area contributed by atoms with Gasteiger partial charge in [0.15, 0.2) is 0 Å². The van der Waals surface area contributed by atoms with Crippen molar-refractivity contribution in [2.24, 2.45) is 0 Å². The van der Waals surface area contributed by atoms with Crippen LogP contribution in [0.1, 0.15) is 30.4 Å². The van der Waals surface area contributed by atoms with Gasteiger partial charge in [0.1, 0.15) is 11.5 Å². The molecule has 0 spiro atoms. The molecule has 0 aromatic heterocycles. The van der Waals surface area contributed by atoms with Crippen LogP contribution in [0.2, 0.25) is 0 Å². The van der Waals surface area contributed by atoms with Crippen LogP contribution in [-0.4, -0.2) is 12.9 Å². The van der Waals surface area contributed by atoms with Gasteiger partial charge in [0.2, 0.25) is 0 Å². The quantitative estimate of drug-likeness (QED) is 0.715. The van der Waals surface area contributed by atoms with E-state index in [9.17, 15) is 4.79 Å². The molecule has 74 valence electrons. The Labute approximate surface area is 83.9 Å². The Balaban J connectivity index is 2.46. The van der Waals surface area contributed by atoms with Crippen molar-refractivity contribution in [2.75, 3.05) is 7.11 Å².